The number of nitrogens with one attached hydrogen (secondary N) is 1. The van der Waals surface area contributed by atoms with E-state index in [2.05, 4.69) is 5.32 Å². The average Bonchev–Trinajstić information content (AvgIpc) is 3.13. The minimum atomic E-state index is -0.326. The molecular formula is C16H18N2O4. The number of carbonyl (C=O) groups excluding carboxylic acids is 3. The third-order valence-corrected chi connectivity index (χ3v) is 3.99. The van der Waals surface area contributed by atoms with Gasteiger partial charge in [-0.15, -0.1) is 0 Å². The van der Waals surface area contributed by atoms with Gasteiger partial charge in [-0.25, -0.2) is 0 Å². The molecule has 116 valence electrons. The maximum atomic E-state index is 12.1. The van der Waals surface area contributed by atoms with Gasteiger partial charge in [0.1, 0.15) is 0 Å². The molecule has 3 rings (SSSR count). The van der Waals surface area contributed by atoms with Crippen LogP contribution >= 0.6 is 0 Å². The Morgan fingerprint density at radius 3 is 2.50 bits per heavy atom. The van der Waals surface area contributed by atoms with Crippen molar-refractivity contribution < 1.29 is 19.1 Å². The highest BCUT2D eigenvalue weighted by Crippen LogP contribution is 2.22. The van der Waals surface area contributed by atoms with Crippen LogP contribution in [0.5, 0.6) is 0 Å². The van der Waals surface area contributed by atoms with Gasteiger partial charge < -0.3 is 10.1 Å². The summed E-state index contributed by atoms with van der Waals surface area (Å²) in [6.45, 7) is 1.33. The molecule has 2 heterocycles. The van der Waals surface area contributed by atoms with Crippen LogP contribution < -0.4 is 5.32 Å². The van der Waals surface area contributed by atoms with Crippen LogP contribution in [0.15, 0.2) is 24.3 Å². The number of ether oxygens (including phenoxy) is 1. The van der Waals surface area contributed by atoms with E-state index in [1.165, 1.54) is 0 Å². The standard InChI is InChI=1S/C16H18N2O4/c19-14(17-10-11-4-3-9-22-11)7-8-18-15(20)12-5-1-2-6-13(12)16(18)21/h1-2,5-6,11H,3-4,7-10H2,(H,17,19)/t11-/m1/s1. The highest BCUT2D eigenvalue weighted by Gasteiger charge is 2.34. The summed E-state index contributed by atoms with van der Waals surface area (Å²) in [5, 5.41) is 2.79. The zero-order chi connectivity index (χ0) is 15.5. The monoisotopic (exact) mass is 302 g/mol. The smallest absolute Gasteiger partial charge is 0.261 e. The maximum Gasteiger partial charge on any atom is 0.261 e. The summed E-state index contributed by atoms with van der Waals surface area (Å²) in [7, 11) is 0. The van der Waals surface area contributed by atoms with Crippen LogP contribution in [0.25, 0.3) is 0 Å². The number of imide groups is 1. The fraction of sp³-hybridized carbons (Fsp3) is 0.438. The fourth-order valence-electron chi connectivity index (χ4n) is 2.78. The van der Waals surface area contributed by atoms with Gasteiger partial charge in [-0.3, -0.25) is 19.3 Å². The Morgan fingerprint density at radius 1 is 1.23 bits per heavy atom. The van der Waals surface area contributed by atoms with Crippen molar-refractivity contribution >= 4 is 17.7 Å². The molecular weight excluding hydrogens is 284 g/mol. The van der Waals surface area contributed by atoms with Gasteiger partial charge >= 0.3 is 0 Å². The second-order valence-electron chi connectivity index (χ2n) is 5.50. The number of amides is 3. The van der Waals surface area contributed by atoms with Gasteiger partial charge in [0.15, 0.2) is 0 Å². The summed E-state index contributed by atoms with van der Waals surface area (Å²) in [4.78, 5) is 37.2. The largest absolute Gasteiger partial charge is 0.376 e. The molecule has 6 nitrogen and oxygen atoms in total. The van der Waals surface area contributed by atoms with E-state index in [4.69, 9.17) is 4.74 Å². The Morgan fingerprint density at radius 2 is 1.91 bits per heavy atom. The molecule has 1 atom stereocenters. The molecule has 0 spiro atoms. The van der Waals surface area contributed by atoms with Crippen LogP contribution in [-0.4, -0.2) is 48.4 Å². The lowest BCUT2D eigenvalue weighted by atomic mass is 10.1. The van der Waals surface area contributed by atoms with Gasteiger partial charge in [0.05, 0.1) is 17.2 Å². The summed E-state index contributed by atoms with van der Waals surface area (Å²) in [6, 6.07) is 6.71. The minimum absolute atomic E-state index is 0.0863. The van der Waals surface area contributed by atoms with Crippen LogP contribution in [0.4, 0.5) is 0 Å². The average molecular weight is 302 g/mol. The zero-order valence-corrected chi connectivity index (χ0v) is 12.2. The Hall–Kier alpha value is -2.21. The molecule has 1 fully saturated rings. The molecule has 0 aliphatic carbocycles. The van der Waals surface area contributed by atoms with E-state index >= 15 is 0 Å². The van der Waals surface area contributed by atoms with E-state index in [1.54, 1.807) is 24.3 Å². The highest BCUT2D eigenvalue weighted by atomic mass is 16.5. The maximum absolute atomic E-state index is 12.1. The zero-order valence-electron chi connectivity index (χ0n) is 12.2. The number of nitrogens with zero attached hydrogens (tertiary/aromatic N) is 1. The lowest BCUT2D eigenvalue weighted by molar-refractivity contribution is -0.121. The highest BCUT2D eigenvalue weighted by molar-refractivity contribution is 6.21. The van der Waals surface area contributed by atoms with Gasteiger partial charge in [-0.1, -0.05) is 12.1 Å². The van der Waals surface area contributed by atoms with Gasteiger partial charge in [0.2, 0.25) is 5.91 Å². The van der Waals surface area contributed by atoms with Crippen molar-refractivity contribution in [2.24, 2.45) is 0 Å². The van der Waals surface area contributed by atoms with Crippen LogP contribution in [-0.2, 0) is 9.53 Å². The first-order valence-corrected chi connectivity index (χ1v) is 7.50. The Balaban J connectivity index is 1.50. The van der Waals surface area contributed by atoms with Gasteiger partial charge in [0, 0.05) is 26.1 Å². The number of hydrogen-bond acceptors (Lipinski definition) is 4. The van der Waals surface area contributed by atoms with Crippen molar-refractivity contribution in [3.8, 4) is 0 Å². The SMILES string of the molecule is O=C(CCN1C(=O)c2ccccc2C1=O)NC[C@H]1CCCO1. The van der Waals surface area contributed by atoms with Crippen molar-refractivity contribution in [1.82, 2.24) is 10.2 Å². The number of hydrogen-bond donors (Lipinski definition) is 1. The van der Waals surface area contributed by atoms with Crippen molar-refractivity contribution in [3.05, 3.63) is 35.4 Å². The Bertz CT molecular complexity index is 573. The lowest BCUT2D eigenvalue weighted by Crippen LogP contribution is -2.36. The first-order chi connectivity index (χ1) is 10.7. The minimum Gasteiger partial charge on any atom is -0.376 e. The molecule has 0 bridgehead atoms. The number of rotatable bonds is 5. The molecule has 0 aromatic heterocycles. The molecule has 3 amide bonds. The molecule has 0 unspecified atom stereocenters. The van der Waals surface area contributed by atoms with E-state index in [-0.39, 0.29) is 36.8 Å². The Kier molecular flexibility index (Phi) is 4.20. The molecule has 2 aliphatic heterocycles. The predicted octanol–water partition coefficient (Wildman–Crippen LogP) is 0.968. The summed E-state index contributed by atoms with van der Waals surface area (Å²) in [6.07, 6.45) is 2.18. The van der Waals surface area contributed by atoms with Crippen molar-refractivity contribution in [3.63, 3.8) is 0 Å². The van der Waals surface area contributed by atoms with Crippen LogP contribution in [0.1, 0.15) is 40.0 Å². The topological polar surface area (TPSA) is 75.7 Å². The molecule has 6 heteroatoms. The first kappa shape index (κ1) is 14.7. The van der Waals surface area contributed by atoms with E-state index in [9.17, 15) is 14.4 Å². The number of fused-ring (bicyclic) bond motifs is 1. The molecule has 1 N–H and O–H groups in total. The second-order valence-corrected chi connectivity index (χ2v) is 5.50. The van der Waals surface area contributed by atoms with Crippen molar-refractivity contribution in [2.45, 2.75) is 25.4 Å². The summed E-state index contributed by atoms with van der Waals surface area (Å²) in [5.41, 5.74) is 0.819. The van der Waals surface area contributed by atoms with Crippen LogP contribution in [0, 0.1) is 0 Å². The van der Waals surface area contributed by atoms with Crippen molar-refractivity contribution in [2.75, 3.05) is 19.7 Å². The Labute approximate surface area is 128 Å². The predicted molar refractivity (Wildman–Crippen MR) is 78.4 cm³/mol. The summed E-state index contributed by atoms with van der Waals surface area (Å²) < 4.78 is 5.42. The molecule has 0 saturated carbocycles. The van der Waals surface area contributed by atoms with Gasteiger partial charge in [-0.2, -0.15) is 0 Å². The second kappa shape index (κ2) is 6.27. The van der Waals surface area contributed by atoms with Crippen LogP contribution in [0.3, 0.4) is 0 Å². The fourth-order valence-corrected chi connectivity index (χ4v) is 2.78. The van der Waals surface area contributed by atoms with E-state index < -0.39 is 0 Å². The normalized spacial score (nSPS) is 20.4. The van der Waals surface area contributed by atoms with Crippen molar-refractivity contribution in [1.29, 1.82) is 0 Å². The van der Waals surface area contributed by atoms with E-state index in [0.29, 0.717) is 17.7 Å². The first-order valence-electron chi connectivity index (χ1n) is 7.50. The number of benzene rings is 1. The molecule has 1 aromatic rings. The summed E-state index contributed by atoms with van der Waals surface area (Å²) >= 11 is 0. The lowest BCUT2D eigenvalue weighted by Gasteiger charge is -2.14. The molecule has 1 saturated heterocycles. The third-order valence-electron chi connectivity index (χ3n) is 3.99. The van der Waals surface area contributed by atoms with Gasteiger partial charge in [-0.05, 0) is 25.0 Å². The quantitative estimate of drug-likeness (QED) is 0.822. The van der Waals surface area contributed by atoms with E-state index in [0.717, 1.165) is 24.3 Å². The third kappa shape index (κ3) is 2.87. The number of carbonyl (C=O) groups is 3. The van der Waals surface area contributed by atoms with Gasteiger partial charge in [0.25, 0.3) is 11.8 Å². The molecule has 0 radical (unpaired) electrons. The molecule has 1 aromatic carbocycles. The van der Waals surface area contributed by atoms with Crippen LogP contribution in [0.2, 0.25) is 0 Å². The molecule has 22 heavy (non-hydrogen) atoms. The summed E-state index contributed by atoms with van der Waals surface area (Å²) in [5.74, 6) is -0.827. The van der Waals surface area contributed by atoms with E-state index in [1.807, 2.05) is 0 Å². The molecule has 2 aliphatic rings.